The third-order valence-corrected chi connectivity index (χ3v) is 3.59. The molecule has 6 heteroatoms. The molecule has 1 heterocycles. The summed E-state index contributed by atoms with van der Waals surface area (Å²) in [7, 11) is 0. The molecule has 0 atom stereocenters. The molecule has 0 aromatic heterocycles. The fraction of sp³-hybridized carbons (Fsp3) is 0.0667. The molecule has 2 aromatic carbocycles. The van der Waals surface area contributed by atoms with Crippen molar-refractivity contribution in [2.24, 2.45) is 5.10 Å². The lowest BCUT2D eigenvalue weighted by Gasteiger charge is -2.02. The van der Waals surface area contributed by atoms with Crippen LogP contribution < -0.4 is 14.9 Å². The van der Waals surface area contributed by atoms with Crippen molar-refractivity contribution in [1.29, 1.82) is 0 Å². The number of ether oxygens (including phenoxy) is 2. The fourth-order valence-electron chi connectivity index (χ4n) is 1.86. The molecule has 0 saturated heterocycles. The molecule has 0 aliphatic carbocycles. The number of rotatable bonds is 3. The smallest absolute Gasteiger partial charge is 0.272 e. The van der Waals surface area contributed by atoms with Crippen LogP contribution in [0.3, 0.4) is 0 Å². The molecule has 0 unspecified atom stereocenters. The minimum atomic E-state index is -0.278. The predicted octanol–water partition coefficient (Wildman–Crippen LogP) is 2.94. The van der Waals surface area contributed by atoms with Gasteiger partial charge in [-0.3, -0.25) is 4.79 Å². The van der Waals surface area contributed by atoms with E-state index >= 15 is 0 Å². The Morgan fingerprint density at radius 3 is 2.86 bits per heavy atom. The van der Waals surface area contributed by atoms with Crippen LogP contribution in [-0.2, 0) is 0 Å². The fourth-order valence-corrected chi connectivity index (χ4v) is 2.33. The van der Waals surface area contributed by atoms with Gasteiger partial charge in [0.2, 0.25) is 6.79 Å². The van der Waals surface area contributed by atoms with E-state index in [0.29, 0.717) is 17.1 Å². The molecule has 1 N–H and O–H groups in total. The van der Waals surface area contributed by atoms with Crippen molar-refractivity contribution in [3.05, 3.63) is 58.1 Å². The number of nitrogens with one attached hydrogen (secondary N) is 1. The van der Waals surface area contributed by atoms with Crippen molar-refractivity contribution >= 4 is 28.1 Å². The number of hydrogen-bond donors (Lipinski definition) is 1. The third kappa shape index (κ3) is 3.05. The summed E-state index contributed by atoms with van der Waals surface area (Å²) < 4.78 is 11.2. The number of nitrogens with zero attached hydrogens (tertiary/aromatic N) is 1. The third-order valence-electron chi connectivity index (χ3n) is 2.89. The van der Waals surface area contributed by atoms with Gasteiger partial charge >= 0.3 is 0 Å². The van der Waals surface area contributed by atoms with Gasteiger partial charge < -0.3 is 9.47 Å². The lowest BCUT2D eigenvalue weighted by molar-refractivity contribution is 0.0954. The van der Waals surface area contributed by atoms with Gasteiger partial charge in [0.15, 0.2) is 11.5 Å². The first-order valence-electron chi connectivity index (χ1n) is 6.21. The number of fused-ring (bicyclic) bond motifs is 1. The zero-order chi connectivity index (χ0) is 14.7. The van der Waals surface area contributed by atoms with Crippen molar-refractivity contribution < 1.29 is 14.3 Å². The van der Waals surface area contributed by atoms with Gasteiger partial charge in [0.1, 0.15) is 0 Å². The molecule has 1 amide bonds. The van der Waals surface area contributed by atoms with E-state index in [9.17, 15) is 4.79 Å². The molecule has 0 radical (unpaired) electrons. The zero-order valence-electron chi connectivity index (χ0n) is 10.9. The molecule has 0 bridgehead atoms. The van der Waals surface area contributed by atoms with Crippen LogP contribution in [0.5, 0.6) is 11.5 Å². The van der Waals surface area contributed by atoms with E-state index in [1.165, 1.54) is 0 Å². The molecule has 0 fully saturated rings. The minimum Gasteiger partial charge on any atom is -0.454 e. The Hall–Kier alpha value is -2.34. The van der Waals surface area contributed by atoms with Crippen LogP contribution in [0, 0.1) is 0 Å². The SMILES string of the molecule is O=C(N/N=C/c1ccc2c(c1)OCO2)c1ccccc1Br. The summed E-state index contributed by atoms with van der Waals surface area (Å²) in [5.74, 6) is 1.11. The summed E-state index contributed by atoms with van der Waals surface area (Å²) in [6.45, 7) is 0.231. The van der Waals surface area contributed by atoms with Gasteiger partial charge in [-0.15, -0.1) is 0 Å². The highest BCUT2D eigenvalue weighted by molar-refractivity contribution is 9.10. The van der Waals surface area contributed by atoms with E-state index < -0.39 is 0 Å². The van der Waals surface area contributed by atoms with Gasteiger partial charge in [0, 0.05) is 4.47 Å². The number of halogens is 1. The Balaban J connectivity index is 1.67. The Kier molecular flexibility index (Phi) is 3.87. The molecular formula is C15H11BrN2O3. The van der Waals surface area contributed by atoms with Crippen molar-refractivity contribution in [2.75, 3.05) is 6.79 Å². The second-order valence-corrected chi connectivity index (χ2v) is 5.15. The van der Waals surface area contributed by atoms with E-state index in [0.717, 1.165) is 10.0 Å². The van der Waals surface area contributed by atoms with Gasteiger partial charge in [-0.25, -0.2) is 5.43 Å². The Morgan fingerprint density at radius 2 is 2.00 bits per heavy atom. The first-order chi connectivity index (χ1) is 10.2. The molecule has 0 saturated carbocycles. The maximum absolute atomic E-state index is 11.9. The summed E-state index contributed by atoms with van der Waals surface area (Å²) in [5, 5.41) is 3.94. The Bertz CT molecular complexity index is 716. The molecule has 0 spiro atoms. The summed E-state index contributed by atoms with van der Waals surface area (Å²) in [6, 6.07) is 12.6. The van der Waals surface area contributed by atoms with Crippen LogP contribution >= 0.6 is 15.9 Å². The van der Waals surface area contributed by atoms with E-state index in [1.807, 2.05) is 12.1 Å². The van der Waals surface area contributed by atoms with Gasteiger partial charge in [-0.05, 0) is 51.8 Å². The number of hydrazone groups is 1. The standard InChI is InChI=1S/C15H11BrN2O3/c16-12-4-2-1-3-11(12)15(19)18-17-8-10-5-6-13-14(7-10)21-9-20-13/h1-8H,9H2,(H,18,19)/b17-8+. The number of benzene rings is 2. The Labute approximate surface area is 129 Å². The first kappa shape index (κ1) is 13.6. The number of hydrogen-bond acceptors (Lipinski definition) is 4. The quantitative estimate of drug-likeness (QED) is 0.686. The molecule has 5 nitrogen and oxygen atoms in total. The molecule has 1 aliphatic heterocycles. The van der Waals surface area contributed by atoms with Crippen LogP contribution in [0.25, 0.3) is 0 Å². The molecule has 2 aromatic rings. The maximum Gasteiger partial charge on any atom is 0.272 e. The number of carbonyl (C=O) groups is 1. The average Bonchev–Trinajstić information content (AvgIpc) is 2.95. The predicted molar refractivity (Wildman–Crippen MR) is 81.8 cm³/mol. The van der Waals surface area contributed by atoms with E-state index in [-0.39, 0.29) is 12.7 Å². The maximum atomic E-state index is 11.9. The van der Waals surface area contributed by atoms with Crippen LogP contribution in [0.4, 0.5) is 0 Å². The summed E-state index contributed by atoms with van der Waals surface area (Å²) in [6.07, 6.45) is 1.55. The first-order valence-corrected chi connectivity index (χ1v) is 7.01. The molecule has 3 rings (SSSR count). The highest BCUT2D eigenvalue weighted by atomic mass is 79.9. The summed E-state index contributed by atoms with van der Waals surface area (Å²) >= 11 is 3.32. The van der Waals surface area contributed by atoms with Crippen LogP contribution in [0.2, 0.25) is 0 Å². The topological polar surface area (TPSA) is 59.9 Å². The minimum absolute atomic E-state index is 0.231. The van der Waals surface area contributed by atoms with Crippen LogP contribution in [0.15, 0.2) is 52.0 Å². The van der Waals surface area contributed by atoms with Crippen LogP contribution in [0.1, 0.15) is 15.9 Å². The zero-order valence-corrected chi connectivity index (χ0v) is 12.5. The van der Waals surface area contributed by atoms with E-state index in [1.54, 1.807) is 36.5 Å². The summed E-state index contributed by atoms with van der Waals surface area (Å²) in [4.78, 5) is 11.9. The lowest BCUT2D eigenvalue weighted by Crippen LogP contribution is -2.18. The molecule has 106 valence electrons. The van der Waals surface area contributed by atoms with Gasteiger partial charge in [-0.1, -0.05) is 12.1 Å². The molecular weight excluding hydrogens is 336 g/mol. The Morgan fingerprint density at radius 1 is 1.19 bits per heavy atom. The van der Waals surface area contributed by atoms with Crippen molar-refractivity contribution in [3.63, 3.8) is 0 Å². The van der Waals surface area contributed by atoms with Crippen molar-refractivity contribution in [3.8, 4) is 11.5 Å². The largest absolute Gasteiger partial charge is 0.454 e. The highest BCUT2D eigenvalue weighted by Gasteiger charge is 2.12. The highest BCUT2D eigenvalue weighted by Crippen LogP contribution is 2.31. The number of amides is 1. The second-order valence-electron chi connectivity index (χ2n) is 4.29. The monoisotopic (exact) mass is 346 g/mol. The summed E-state index contributed by atoms with van der Waals surface area (Å²) in [5.41, 5.74) is 3.82. The van der Waals surface area contributed by atoms with Gasteiger partial charge in [0.05, 0.1) is 11.8 Å². The van der Waals surface area contributed by atoms with Crippen molar-refractivity contribution in [1.82, 2.24) is 5.43 Å². The van der Waals surface area contributed by atoms with Crippen molar-refractivity contribution in [2.45, 2.75) is 0 Å². The van der Waals surface area contributed by atoms with Gasteiger partial charge in [-0.2, -0.15) is 5.10 Å². The lowest BCUT2D eigenvalue weighted by atomic mass is 10.2. The van der Waals surface area contributed by atoms with E-state index in [2.05, 4.69) is 26.5 Å². The normalized spacial score (nSPS) is 12.6. The molecule has 21 heavy (non-hydrogen) atoms. The van der Waals surface area contributed by atoms with Crippen LogP contribution in [-0.4, -0.2) is 18.9 Å². The average molecular weight is 347 g/mol. The number of carbonyl (C=O) groups excluding carboxylic acids is 1. The second kappa shape index (κ2) is 5.97. The molecule has 1 aliphatic rings. The van der Waals surface area contributed by atoms with Gasteiger partial charge in [0.25, 0.3) is 5.91 Å². The van der Waals surface area contributed by atoms with E-state index in [4.69, 9.17) is 9.47 Å².